The Labute approximate surface area is 124 Å². The van der Waals surface area contributed by atoms with E-state index in [-0.39, 0.29) is 5.84 Å². The molecule has 0 bridgehead atoms. The minimum Gasteiger partial charge on any atom is -0.494 e. The summed E-state index contributed by atoms with van der Waals surface area (Å²) in [5.74, 6) is 1.69. The number of nitrogens with two attached hydrogens (primary N) is 1. The van der Waals surface area contributed by atoms with Gasteiger partial charge in [0, 0.05) is 5.69 Å². The topological polar surface area (TPSA) is 81.2 Å². The number of rotatable bonds is 6. The SMILES string of the molecule is CCCOc1ccc(Oc2nc(C)ccc2C(=N)N)cc1. The van der Waals surface area contributed by atoms with Crippen LogP contribution in [-0.2, 0) is 0 Å². The van der Waals surface area contributed by atoms with Gasteiger partial charge in [0.15, 0.2) is 0 Å². The van der Waals surface area contributed by atoms with Gasteiger partial charge in [-0.05, 0) is 49.7 Å². The van der Waals surface area contributed by atoms with Crippen molar-refractivity contribution in [3.63, 3.8) is 0 Å². The fraction of sp³-hybridized carbons (Fsp3) is 0.250. The van der Waals surface area contributed by atoms with Crippen LogP contribution in [-0.4, -0.2) is 17.4 Å². The van der Waals surface area contributed by atoms with E-state index < -0.39 is 0 Å². The molecule has 0 fully saturated rings. The summed E-state index contributed by atoms with van der Waals surface area (Å²) < 4.78 is 11.2. The minimum atomic E-state index is -0.0691. The smallest absolute Gasteiger partial charge is 0.230 e. The number of amidine groups is 1. The van der Waals surface area contributed by atoms with Crippen LogP contribution in [0.1, 0.15) is 24.6 Å². The molecule has 110 valence electrons. The number of pyridine rings is 1. The monoisotopic (exact) mass is 285 g/mol. The molecule has 1 heterocycles. The molecule has 21 heavy (non-hydrogen) atoms. The van der Waals surface area contributed by atoms with Crippen molar-refractivity contribution in [2.24, 2.45) is 5.73 Å². The molecule has 0 aliphatic carbocycles. The summed E-state index contributed by atoms with van der Waals surface area (Å²) in [6.07, 6.45) is 0.966. The fourth-order valence-corrected chi connectivity index (χ4v) is 1.75. The third-order valence-electron chi connectivity index (χ3n) is 2.80. The summed E-state index contributed by atoms with van der Waals surface area (Å²) >= 11 is 0. The average molecular weight is 285 g/mol. The van der Waals surface area contributed by atoms with Gasteiger partial charge in [-0.1, -0.05) is 6.92 Å². The van der Waals surface area contributed by atoms with E-state index in [1.165, 1.54) is 0 Å². The number of nitrogen functional groups attached to an aromatic ring is 1. The van der Waals surface area contributed by atoms with Crippen molar-refractivity contribution in [2.45, 2.75) is 20.3 Å². The Morgan fingerprint density at radius 1 is 1.14 bits per heavy atom. The first kappa shape index (κ1) is 14.8. The van der Waals surface area contributed by atoms with Crippen LogP contribution in [0.3, 0.4) is 0 Å². The molecule has 5 heteroatoms. The van der Waals surface area contributed by atoms with Crippen molar-refractivity contribution < 1.29 is 9.47 Å². The molecule has 0 radical (unpaired) electrons. The number of nitrogens with zero attached hydrogens (tertiary/aromatic N) is 1. The van der Waals surface area contributed by atoms with Gasteiger partial charge >= 0.3 is 0 Å². The zero-order valence-electron chi connectivity index (χ0n) is 12.2. The molecule has 0 spiro atoms. The Morgan fingerprint density at radius 2 is 1.81 bits per heavy atom. The van der Waals surface area contributed by atoms with Crippen LogP contribution in [0.5, 0.6) is 17.4 Å². The maximum atomic E-state index is 7.56. The third-order valence-corrected chi connectivity index (χ3v) is 2.80. The number of nitrogens with one attached hydrogen (secondary N) is 1. The van der Waals surface area contributed by atoms with Gasteiger partial charge in [0.25, 0.3) is 0 Å². The molecule has 0 aliphatic rings. The van der Waals surface area contributed by atoms with Gasteiger partial charge in [0.2, 0.25) is 5.88 Å². The number of hydrogen-bond acceptors (Lipinski definition) is 4. The van der Waals surface area contributed by atoms with Crippen molar-refractivity contribution in [3.05, 3.63) is 47.7 Å². The number of hydrogen-bond donors (Lipinski definition) is 2. The highest BCUT2D eigenvalue weighted by Crippen LogP contribution is 2.25. The molecule has 3 N–H and O–H groups in total. The lowest BCUT2D eigenvalue weighted by Crippen LogP contribution is -2.13. The number of ether oxygens (including phenoxy) is 2. The Kier molecular flexibility index (Phi) is 4.77. The molecule has 2 aromatic rings. The molecule has 5 nitrogen and oxygen atoms in total. The Morgan fingerprint density at radius 3 is 2.43 bits per heavy atom. The lowest BCUT2D eigenvalue weighted by Gasteiger charge is -2.10. The quantitative estimate of drug-likeness (QED) is 0.630. The second-order valence-electron chi connectivity index (χ2n) is 4.64. The zero-order chi connectivity index (χ0) is 15.2. The van der Waals surface area contributed by atoms with E-state index in [0.29, 0.717) is 23.8 Å². The normalized spacial score (nSPS) is 10.2. The van der Waals surface area contributed by atoms with E-state index in [2.05, 4.69) is 11.9 Å². The Bertz CT molecular complexity index is 624. The first-order valence-corrected chi connectivity index (χ1v) is 6.83. The Balaban J connectivity index is 2.18. The first-order chi connectivity index (χ1) is 10.1. The van der Waals surface area contributed by atoms with Crippen LogP contribution < -0.4 is 15.2 Å². The van der Waals surface area contributed by atoms with Gasteiger partial charge in [-0.2, -0.15) is 0 Å². The van der Waals surface area contributed by atoms with Gasteiger partial charge in [-0.3, -0.25) is 5.41 Å². The van der Waals surface area contributed by atoms with E-state index in [9.17, 15) is 0 Å². The van der Waals surface area contributed by atoms with E-state index in [1.807, 2.05) is 19.1 Å². The second kappa shape index (κ2) is 6.74. The minimum absolute atomic E-state index is 0.0691. The summed E-state index contributed by atoms with van der Waals surface area (Å²) in [7, 11) is 0. The third kappa shape index (κ3) is 3.95. The summed E-state index contributed by atoms with van der Waals surface area (Å²) in [6, 6.07) is 10.8. The highest BCUT2D eigenvalue weighted by molar-refractivity contribution is 5.97. The van der Waals surface area contributed by atoms with Crippen LogP contribution in [0.4, 0.5) is 0 Å². The van der Waals surface area contributed by atoms with E-state index in [4.69, 9.17) is 20.6 Å². The number of aromatic nitrogens is 1. The van der Waals surface area contributed by atoms with E-state index in [1.54, 1.807) is 24.3 Å². The highest BCUT2D eigenvalue weighted by Gasteiger charge is 2.10. The van der Waals surface area contributed by atoms with Crippen molar-refractivity contribution in [1.82, 2.24) is 4.98 Å². The van der Waals surface area contributed by atoms with Gasteiger partial charge in [0.1, 0.15) is 17.3 Å². The van der Waals surface area contributed by atoms with E-state index in [0.717, 1.165) is 17.9 Å². The lowest BCUT2D eigenvalue weighted by molar-refractivity contribution is 0.317. The molecule has 0 unspecified atom stereocenters. The van der Waals surface area contributed by atoms with Gasteiger partial charge in [0.05, 0.1) is 12.2 Å². The zero-order valence-corrected chi connectivity index (χ0v) is 12.2. The van der Waals surface area contributed by atoms with Crippen LogP contribution >= 0.6 is 0 Å². The maximum Gasteiger partial charge on any atom is 0.230 e. The number of benzene rings is 1. The highest BCUT2D eigenvalue weighted by atomic mass is 16.5. The first-order valence-electron chi connectivity index (χ1n) is 6.83. The fourth-order valence-electron chi connectivity index (χ4n) is 1.75. The molecular formula is C16H19N3O2. The van der Waals surface area contributed by atoms with Crippen LogP contribution in [0, 0.1) is 12.3 Å². The van der Waals surface area contributed by atoms with Gasteiger partial charge in [-0.25, -0.2) is 4.98 Å². The molecular weight excluding hydrogens is 266 g/mol. The lowest BCUT2D eigenvalue weighted by atomic mass is 10.2. The van der Waals surface area contributed by atoms with Crippen molar-refractivity contribution in [1.29, 1.82) is 5.41 Å². The summed E-state index contributed by atoms with van der Waals surface area (Å²) in [5.41, 5.74) is 6.82. The largest absolute Gasteiger partial charge is 0.494 e. The standard InChI is InChI=1S/C16H19N3O2/c1-3-10-20-12-5-7-13(8-6-12)21-16-14(15(17)18)9-4-11(2)19-16/h4-9H,3,10H2,1-2H3,(H3,17,18). The van der Waals surface area contributed by atoms with Crippen molar-refractivity contribution >= 4 is 5.84 Å². The average Bonchev–Trinajstić information content (AvgIpc) is 2.46. The maximum absolute atomic E-state index is 7.56. The molecule has 0 amide bonds. The molecule has 0 atom stereocenters. The summed E-state index contributed by atoms with van der Waals surface area (Å²) in [4.78, 5) is 4.29. The Hall–Kier alpha value is -2.56. The molecule has 0 saturated carbocycles. The molecule has 0 aliphatic heterocycles. The van der Waals surface area contributed by atoms with E-state index >= 15 is 0 Å². The molecule has 0 saturated heterocycles. The second-order valence-corrected chi connectivity index (χ2v) is 4.64. The van der Waals surface area contributed by atoms with Crippen LogP contribution in [0.2, 0.25) is 0 Å². The van der Waals surface area contributed by atoms with Crippen molar-refractivity contribution in [2.75, 3.05) is 6.61 Å². The predicted molar refractivity (Wildman–Crippen MR) is 82.3 cm³/mol. The molecule has 2 rings (SSSR count). The molecule has 1 aromatic heterocycles. The van der Waals surface area contributed by atoms with Crippen molar-refractivity contribution in [3.8, 4) is 17.4 Å². The van der Waals surface area contributed by atoms with Crippen LogP contribution in [0.15, 0.2) is 36.4 Å². The predicted octanol–water partition coefficient (Wildman–Crippen LogP) is 3.26. The van der Waals surface area contributed by atoms with Gasteiger partial charge in [-0.15, -0.1) is 0 Å². The molecule has 1 aromatic carbocycles. The summed E-state index contributed by atoms with van der Waals surface area (Å²) in [6.45, 7) is 4.61. The van der Waals surface area contributed by atoms with Gasteiger partial charge < -0.3 is 15.2 Å². The number of aryl methyl sites for hydroxylation is 1. The van der Waals surface area contributed by atoms with Crippen LogP contribution in [0.25, 0.3) is 0 Å². The summed E-state index contributed by atoms with van der Waals surface area (Å²) in [5, 5.41) is 7.56.